The molecule has 0 aliphatic rings. The summed E-state index contributed by atoms with van der Waals surface area (Å²) in [5.41, 5.74) is -0.561. The normalized spacial score (nSPS) is 13.0. The number of rotatable bonds is 8. The number of carbonyl (C=O) groups is 4. The molecule has 9 heteroatoms. The highest BCUT2D eigenvalue weighted by atomic mass is 19.1. The Kier molecular flexibility index (Phi) is 8.75. The fourth-order valence-corrected chi connectivity index (χ4v) is 2.50. The fourth-order valence-electron chi connectivity index (χ4n) is 2.50. The number of hydrogen-bond donors (Lipinski definition) is 2. The zero-order chi connectivity index (χ0) is 22.2. The minimum atomic E-state index is -1.32. The van der Waals surface area contributed by atoms with E-state index in [1.165, 1.54) is 25.1 Å². The monoisotopic (exact) mass is 410 g/mol. The Hall–Kier alpha value is -2.97. The van der Waals surface area contributed by atoms with E-state index < -0.39 is 53.7 Å². The quantitative estimate of drug-likeness (QED) is 0.625. The second-order valence-corrected chi connectivity index (χ2v) is 7.42. The summed E-state index contributed by atoms with van der Waals surface area (Å²) in [5.74, 6) is -3.37. The summed E-state index contributed by atoms with van der Waals surface area (Å²) in [4.78, 5) is 48.2. The van der Waals surface area contributed by atoms with E-state index in [2.05, 4.69) is 15.4 Å². The van der Waals surface area contributed by atoms with Crippen LogP contribution in [0.5, 0.6) is 0 Å². The number of benzene rings is 1. The molecule has 0 radical (unpaired) electrons. The standard InChI is InChI=1S/C20H27FN2O6/c1-12(24)22-15(10-13-8-6-7-9-14(13)21)18(26)23-16(19(27)28-5)11-17(25)29-20(2,3)4/h6-9,15-16H,10-11H2,1-5H3,(H,22,24)(H,23,26)/t15-,16-/m0/s1. The van der Waals surface area contributed by atoms with Crippen molar-refractivity contribution in [2.24, 2.45) is 0 Å². The van der Waals surface area contributed by atoms with Gasteiger partial charge in [0.05, 0.1) is 13.5 Å². The van der Waals surface area contributed by atoms with Crippen LogP contribution in [0.1, 0.15) is 39.7 Å². The lowest BCUT2D eigenvalue weighted by Crippen LogP contribution is -2.53. The van der Waals surface area contributed by atoms with Crippen molar-refractivity contribution in [2.75, 3.05) is 7.11 Å². The van der Waals surface area contributed by atoms with Crippen LogP contribution in [0.4, 0.5) is 4.39 Å². The molecular formula is C20H27FN2O6. The molecule has 1 rings (SSSR count). The van der Waals surface area contributed by atoms with Crippen LogP contribution in [0, 0.1) is 5.82 Å². The largest absolute Gasteiger partial charge is 0.467 e. The van der Waals surface area contributed by atoms with Crippen LogP contribution in [-0.2, 0) is 35.1 Å². The maximum atomic E-state index is 13.9. The zero-order valence-electron chi connectivity index (χ0n) is 17.2. The number of nitrogens with one attached hydrogen (secondary N) is 2. The van der Waals surface area contributed by atoms with Crippen LogP contribution in [0.15, 0.2) is 24.3 Å². The summed E-state index contributed by atoms with van der Waals surface area (Å²) in [6.07, 6.45) is -0.597. The van der Waals surface area contributed by atoms with Gasteiger partial charge in [0.2, 0.25) is 11.8 Å². The average Bonchev–Trinajstić information content (AvgIpc) is 2.59. The first-order chi connectivity index (χ1) is 13.4. The molecule has 0 saturated heterocycles. The zero-order valence-corrected chi connectivity index (χ0v) is 17.2. The van der Waals surface area contributed by atoms with Gasteiger partial charge in [0.25, 0.3) is 0 Å². The number of ether oxygens (including phenoxy) is 2. The number of hydrogen-bond acceptors (Lipinski definition) is 6. The first-order valence-electron chi connectivity index (χ1n) is 9.03. The van der Waals surface area contributed by atoms with Crippen LogP contribution in [0.25, 0.3) is 0 Å². The molecule has 1 aromatic rings. The Morgan fingerprint density at radius 1 is 1.07 bits per heavy atom. The van der Waals surface area contributed by atoms with Crippen molar-refractivity contribution in [3.8, 4) is 0 Å². The van der Waals surface area contributed by atoms with Gasteiger partial charge in [-0.1, -0.05) is 18.2 Å². The third-order valence-electron chi connectivity index (χ3n) is 3.67. The minimum absolute atomic E-state index is 0.140. The average molecular weight is 410 g/mol. The molecule has 0 aromatic heterocycles. The summed E-state index contributed by atoms with van der Waals surface area (Å²) in [5, 5.41) is 4.80. The van der Waals surface area contributed by atoms with Gasteiger partial charge < -0.3 is 20.1 Å². The van der Waals surface area contributed by atoms with Gasteiger partial charge in [0.1, 0.15) is 23.5 Å². The van der Waals surface area contributed by atoms with Crippen LogP contribution in [0.3, 0.4) is 0 Å². The molecule has 2 N–H and O–H groups in total. The van der Waals surface area contributed by atoms with Crippen LogP contribution in [0.2, 0.25) is 0 Å². The molecule has 0 bridgehead atoms. The molecule has 160 valence electrons. The Balaban J connectivity index is 2.96. The van der Waals surface area contributed by atoms with E-state index in [1.54, 1.807) is 26.8 Å². The van der Waals surface area contributed by atoms with E-state index in [-0.39, 0.29) is 12.0 Å². The molecule has 0 aliphatic heterocycles. The molecule has 0 unspecified atom stereocenters. The Morgan fingerprint density at radius 2 is 1.69 bits per heavy atom. The predicted octanol–water partition coefficient (Wildman–Crippen LogP) is 1.26. The molecular weight excluding hydrogens is 383 g/mol. The van der Waals surface area contributed by atoms with Gasteiger partial charge in [0.15, 0.2) is 0 Å². The van der Waals surface area contributed by atoms with Crippen molar-refractivity contribution in [3.05, 3.63) is 35.6 Å². The van der Waals surface area contributed by atoms with Gasteiger partial charge in [-0.15, -0.1) is 0 Å². The number of methoxy groups -OCH3 is 1. The molecule has 2 atom stereocenters. The fraction of sp³-hybridized carbons (Fsp3) is 0.500. The number of carbonyl (C=O) groups excluding carboxylic acids is 4. The Morgan fingerprint density at radius 3 is 2.21 bits per heavy atom. The Bertz CT molecular complexity index is 760. The molecule has 2 amide bonds. The Labute approximate surface area is 169 Å². The summed E-state index contributed by atoms with van der Waals surface area (Å²) in [6.45, 7) is 6.20. The maximum absolute atomic E-state index is 13.9. The van der Waals surface area contributed by atoms with Crippen molar-refractivity contribution in [3.63, 3.8) is 0 Å². The third kappa shape index (κ3) is 8.71. The van der Waals surface area contributed by atoms with Crippen molar-refractivity contribution in [1.29, 1.82) is 0 Å². The first kappa shape index (κ1) is 24.1. The predicted molar refractivity (Wildman–Crippen MR) is 102 cm³/mol. The van der Waals surface area contributed by atoms with Crippen LogP contribution < -0.4 is 10.6 Å². The molecule has 0 aliphatic carbocycles. The van der Waals surface area contributed by atoms with E-state index in [4.69, 9.17) is 4.74 Å². The molecule has 0 saturated carbocycles. The minimum Gasteiger partial charge on any atom is -0.467 e. The molecule has 29 heavy (non-hydrogen) atoms. The number of halogens is 1. The summed E-state index contributed by atoms with van der Waals surface area (Å²) >= 11 is 0. The second-order valence-electron chi connectivity index (χ2n) is 7.42. The van der Waals surface area contributed by atoms with Gasteiger partial charge in [0, 0.05) is 13.3 Å². The van der Waals surface area contributed by atoms with E-state index in [9.17, 15) is 23.6 Å². The lowest BCUT2D eigenvalue weighted by atomic mass is 10.0. The van der Waals surface area contributed by atoms with E-state index >= 15 is 0 Å². The van der Waals surface area contributed by atoms with Gasteiger partial charge in [-0.25, -0.2) is 9.18 Å². The number of esters is 2. The smallest absolute Gasteiger partial charge is 0.328 e. The molecule has 8 nitrogen and oxygen atoms in total. The van der Waals surface area contributed by atoms with Crippen molar-refractivity contribution in [2.45, 2.75) is 58.2 Å². The summed E-state index contributed by atoms with van der Waals surface area (Å²) in [7, 11) is 1.11. The number of amides is 2. The highest BCUT2D eigenvalue weighted by Gasteiger charge is 2.30. The SMILES string of the molecule is COC(=O)[C@H](CC(=O)OC(C)(C)C)NC(=O)[C@H](Cc1ccccc1F)NC(C)=O. The van der Waals surface area contributed by atoms with E-state index in [1.807, 2.05) is 0 Å². The topological polar surface area (TPSA) is 111 Å². The highest BCUT2D eigenvalue weighted by Crippen LogP contribution is 2.12. The lowest BCUT2D eigenvalue weighted by Gasteiger charge is -2.24. The van der Waals surface area contributed by atoms with Crippen LogP contribution >= 0.6 is 0 Å². The molecule has 0 spiro atoms. The van der Waals surface area contributed by atoms with Gasteiger partial charge in [-0.05, 0) is 32.4 Å². The summed E-state index contributed by atoms with van der Waals surface area (Å²) < 4.78 is 23.7. The molecule has 1 aromatic carbocycles. The van der Waals surface area contributed by atoms with Gasteiger partial charge >= 0.3 is 11.9 Å². The van der Waals surface area contributed by atoms with Crippen LogP contribution in [-0.4, -0.2) is 48.5 Å². The molecule has 0 heterocycles. The summed E-state index contributed by atoms with van der Waals surface area (Å²) in [6, 6.07) is 3.34. The molecule has 0 fully saturated rings. The second kappa shape index (κ2) is 10.5. The van der Waals surface area contributed by atoms with Gasteiger partial charge in [-0.2, -0.15) is 0 Å². The van der Waals surface area contributed by atoms with E-state index in [0.717, 1.165) is 7.11 Å². The highest BCUT2D eigenvalue weighted by molar-refractivity contribution is 5.92. The van der Waals surface area contributed by atoms with Gasteiger partial charge in [-0.3, -0.25) is 14.4 Å². The first-order valence-corrected chi connectivity index (χ1v) is 9.03. The van der Waals surface area contributed by atoms with E-state index in [0.29, 0.717) is 0 Å². The third-order valence-corrected chi connectivity index (χ3v) is 3.67. The van der Waals surface area contributed by atoms with Crippen molar-refractivity contribution >= 4 is 23.8 Å². The van der Waals surface area contributed by atoms with Crippen molar-refractivity contribution < 1.29 is 33.0 Å². The van der Waals surface area contributed by atoms with Crippen molar-refractivity contribution in [1.82, 2.24) is 10.6 Å². The maximum Gasteiger partial charge on any atom is 0.328 e. The lowest BCUT2D eigenvalue weighted by molar-refractivity contribution is -0.159.